The third-order valence-electron chi connectivity index (χ3n) is 4.97. The van der Waals surface area contributed by atoms with Gasteiger partial charge in [-0.2, -0.15) is 4.31 Å². The average Bonchev–Trinajstić information content (AvgIpc) is 3.15. The molecule has 1 saturated heterocycles. The zero-order valence-corrected chi connectivity index (χ0v) is 18.3. The number of aromatic nitrogens is 2. The van der Waals surface area contributed by atoms with Crippen molar-refractivity contribution in [2.24, 2.45) is 0 Å². The molecule has 0 unspecified atom stereocenters. The molecule has 0 bridgehead atoms. The van der Waals surface area contributed by atoms with Crippen molar-refractivity contribution in [3.05, 3.63) is 40.4 Å². The maximum Gasteiger partial charge on any atom is 0.267 e. The van der Waals surface area contributed by atoms with Gasteiger partial charge in [-0.05, 0) is 41.1 Å². The Morgan fingerprint density at radius 2 is 1.71 bits per heavy atom. The van der Waals surface area contributed by atoms with Crippen LogP contribution in [0.5, 0.6) is 0 Å². The molecule has 3 rings (SSSR count). The van der Waals surface area contributed by atoms with Gasteiger partial charge in [0.15, 0.2) is 0 Å². The average molecular weight is 423 g/mol. The molecule has 1 fully saturated rings. The molecule has 1 aliphatic rings. The summed E-state index contributed by atoms with van der Waals surface area (Å²) in [4.78, 5) is 15.2. The van der Waals surface area contributed by atoms with Crippen molar-refractivity contribution in [3.8, 4) is 0 Å². The summed E-state index contributed by atoms with van der Waals surface area (Å²) in [6.07, 6.45) is 0.649. The SMILES string of the molecule is CCc1nnsc1C(=O)N1CCN(S(=O)(=O)c2ccc(C(C)(C)C)cc2)CC1. The first kappa shape index (κ1) is 20.9. The van der Waals surface area contributed by atoms with Crippen LogP contribution in [0.15, 0.2) is 29.2 Å². The van der Waals surface area contributed by atoms with Crippen LogP contribution in [0.1, 0.15) is 48.6 Å². The molecular formula is C19H26N4O3S2. The van der Waals surface area contributed by atoms with Gasteiger partial charge in [0.1, 0.15) is 4.88 Å². The molecule has 0 aliphatic carbocycles. The number of aryl methyl sites for hydroxylation is 1. The van der Waals surface area contributed by atoms with E-state index in [-0.39, 0.29) is 24.4 Å². The second-order valence-electron chi connectivity index (χ2n) is 7.87. The maximum absolute atomic E-state index is 13.0. The summed E-state index contributed by atoms with van der Waals surface area (Å²) in [7, 11) is -3.57. The lowest BCUT2D eigenvalue weighted by atomic mass is 9.87. The van der Waals surface area contributed by atoms with Crippen LogP contribution >= 0.6 is 11.5 Å². The van der Waals surface area contributed by atoms with Crippen LogP contribution in [-0.4, -0.2) is 59.3 Å². The zero-order chi connectivity index (χ0) is 20.5. The van der Waals surface area contributed by atoms with Crippen LogP contribution in [0.25, 0.3) is 0 Å². The number of sulfonamides is 1. The number of hydrogen-bond donors (Lipinski definition) is 0. The maximum atomic E-state index is 13.0. The van der Waals surface area contributed by atoms with Gasteiger partial charge in [-0.3, -0.25) is 4.79 Å². The second kappa shape index (κ2) is 7.88. The molecule has 0 N–H and O–H groups in total. The number of benzene rings is 1. The summed E-state index contributed by atoms with van der Waals surface area (Å²) in [5, 5.41) is 3.98. The van der Waals surface area contributed by atoms with Gasteiger partial charge in [0, 0.05) is 26.2 Å². The van der Waals surface area contributed by atoms with E-state index in [1.807, 2.05) is 19.1 Å². The normalized spacial score (nSPS) is 16.4. The summed E-state index contributed by atoms with van der Waals surface area (Å²) in [6.45, 7) is 9.49. The first-order valence-electron chi connectivity index (χ1n) is 9.36. The van der Waals surface area contributed by atoms with E-state index in [4.69, 9.17) is 0 Å². The van der Waals surface area contributed by atoms with Crippen molar-refractivity contribution >= 4 is 27.5 Å². The smallest absolute Gasteiger partial charge is 0.267 e. The van der Waals surface area contributed by atoms with E-state index in [1.165, 1.54) is 4.31 Å². The minimum absolute atomic E-state index is 0.0306. The standard InChI is InChI=1S/C19H26N4O3S2/c1-5-16-17(27-21-20-16)18(24)22-10-12-23(13-11-22)28(25,26)15-8-6-14(7-9-15)19(2,3)4/h6-9H,5,10-13H2,1-4H3. The van der Waals surface area contributed by atoms with Crippen LogP contribution in [0, 0.1) is 0 Å². The Kier molecular flexibility index (Phi) is 5.88. The molecule has 1 amide bonds. The van der Waals surface area contributed by atoms with E-state index in [2.05, 4.69) is 30.4 Å². The van der Waals surface area contributed by atoms with Gasteiger partial charge in [-0.15, -0.1) is 5.10 Å². The lowest BCUT2D eigenvalue weighted by Crippen LogP contribution is -2.50. The van der Waals surface area contributed by atoms with E-state index in [1.54, 1.807) is 17.0 Å². The van der Waals surface area contributed by atoms with Crippen molar-refractivity contribution in [3.63, 3.8) is 0 Å². The number of amides is 1. The summed E-state index contributed by atoms with van der Waals surface area (Å²) in [5.74, 6) is -0.113. The fraction of sp³-hybridized carbons (Fsp3) is 0.526. The van der Waals surface area contributed by atoms with Gasteiger partial charge < -0.3 is 4.90 Å². The van der Waals surface area contributed by atoms with Gasteiger partial charge in [-0.1, -0.05) is 44.3 Å². The number of piperazine rings is 1. The van der Waals surface area contributed by atoms with E-state index >= 15 is 0 Å². The highest BCUT2D eigenvalue weighted by molar-refractivity contribution is 7.89. The summed E-state index contributed by atoms with van der Waals surface area (Å²) < 4.78 is 31.2. The van der Waals surface area contributed by atoms with Crippen LogP contribution in [0.2, 0.25) is 0 Å². The lowest BCUT2D eigenvalue weighted by molar-refractivity contribution is 0.0701. The Bertz CT molecular complexity index is 938. The molecule has 0 radical (unpaired) electrons. The molecule has 1 aliphatic heterocycles. The summed E-state index contributed by atoms with van der Waals surface area (Å²) in [5.41, 5.74) is 1.76. The Morgan fingerprint density at radius 3 is 2.25 bits per heavy atom. The largest absolute Gasteiger partial charge is 0.335 e. The molecule has 2 aromatic rings. The molecule has 2 heterocycles. The predicted octanol–water partition coefficient (Wildman–Crippen LogP) is 2.54. The Hall–Kier alpha value is -1.84. The van der Waals surface area contributed by atoms with Crippen LogP contribution in [0.3, 0.4) is 0 Å². The molecule has 1 aromatic heterocycles. The first-order valence-corrected chi connectivity index (χ1v) is 11.6. The third-order valence-corrected chi connectivity index (χ3v) is 7.64. The fourth-order valence-corrected chi connectivity index (χ4v) is 5.29. The van der Waals surface area contributed by atoms with Gasteiger partial charge >= 0.3 is 0 Å². The molecule has 0 atom stereocenters. The lowest BCUT2D eigenvalue weighted by Gasteiger charge is -2.33. The van der Waals surface area contributed by atoms with Crippen LogP contribution in [0.4, 0.5) is 0 Å². The number of rotatable bonds is 4. The van der Waals surface area contributed by atoms with Crippen molar-refractivity contribution in [1.82, 2.24) is 18.8 Å². The molecule has 0 spiro atoms. The van der Waals surface area contributed by atoms with Crippen LogP contribution in [-0.2, 0) is 21.9 Å². The zero-order valence-electron chi connectivity index (χ0n) is 16.7. The molecular weight excluding hydrogens is 396 g/mol. The molecule has 9 heteroatoms. The Morgan fingerprint density at radius 1 is 1.11 bits per heavy atom. The monoisotopic (exact) mass is 422 g/mol. The summed E-state index contributed by atoms with van der Waals surface area (Å²) >= 11 is 1.10. The van der Waals surface area contributed by atoms with Crippen LogP contribution < -0.4 is 0 Å². The van der Waals surface area contributed by atoms with E-state index in [9.17, 15) is 13.2 Å². The highest BCUT2D eigenvalue weighted by Gasteiger charge is 2.32. The van der Waals surface area contributed by atoms with E-state index < -0.39 is 10.0 Å². The molecule has 0 saturated carbocycles. The number of carbonyl (C=O) groups is 1. The molecule has 7 nitrogen and oxygen atoms in total. The minimum Gasteiger partial charge on any atom is -0.335 e. The summed E-state index contributed by atoms with van der Waals surface area (Å²) in [6, 6.07) is 7.08. The number of nitrogens with zero attached hydrogens (tertiary/aromatic N) is 4. The van der Waals surface area contributed by atoms with Gasteiger partial charge in [-0.25, -0.2) is 8.42 Å². The number of carbonyl (C=O) groups excluding carboxylic acids is 1. The molecule has 1 aromatic carbocycles. The van der Waals surface area contributed by atoms with Crippen molar-refractivity contribution in [2.75, 3.05) is 26.2 Å². The van der Waals surface area contributed by atoms with Crippen molar-refractivity contribution < 1.29 is 13.2 Å². The van der Waals surface area contributed by atoms with E-state index in [0.717, 1.165) is 17.1 Å². The first-order chi connectivity index (χ1) is 13.1. The minimum atomic E-state index is -3.57. The highest BCUT2D eigenvalue weighted by Crippen LogP contribution is 2.25. The van der Waals surface area contributed by atoms with Crippen molar-refractivity contribution in [1.29, 1.82) is 0 Å². The second-order valence-corrected chi connectivity index (χ2v) is 10.6. The van der Waals surface area contributed by atoms with Gasteiger partial charge in [0.05, 0.1) is 10.6 Å². The van der Waals surface area contributed by atoms with Gasteiger partial charge in [0.2, 0.25) is 10.0 Å². The molecule has 152 valence electrons. The molecule has 28 heavy (non-hydrogen) atoms. The Labute approximate surface area is 170 Å². The topological polar surface area (TPSA) is 83.5 Å². The fourth-order valence-electron chi connectivity index (χ4n) is 3.15. The van der Waals surface area contributed by atoms with Gasteiger partial charge in [0.25, 0.3) is 5.91 Å². The third kappa shape index (κ3) is 4.11. The van der Waals surface area contributed by atoms with Crippen molar-refractivity contribution in [2.45, 2.75) is 44.4 Å². The number of hydrogen-bond acceptors (Lipinski definition) is 6. The Balaban J connectivity index is 1.69. The quantitative estimate of drug-likeness (QED) is 0.756. The highest BCUT2D eigenvalue weighted by atomic mass is 32.2. The van der Waals surface area contributed by atoms with E-state index in [0.29, 0.717) is 35.0 Å². The predicted molar refractivity (Wildman–Crippen MR) is 109 cm³/mol.